The molecule has 1 fully saturated rings. The fourth-order valence-corrected chi connectivity index (χ4v) is 2.70. The van der Waals surface area contributed by atoms with E-state index in [1.165, 1.54) is 0 Å². The quantitative estimate of drug-likeness (QED) is 0.577. The molecule has 1 aliphatic rings. The summed E-state index contributed by atoms with van der Waals surface area (Å²) in [5, 5.41) is 0. The minimum absolute atomic E-state index is 0.0275. The number of hydrogen-bond acceptors (Lipinski definition) is 6. The molecule has 0 bridgehead atoms. The van der Waals surface area contributed by atoms with Gasteiger partial charge in [-0.3, -0.25) is 0 Å². The fourth-order valence-electron chi connectivity index (χ4n) is 2.70. The minimum Gasteiger partial charge on any atom is -0.459 e. The van der Waals surface area contributed by atoms with Gasteiger partial charge in [0.25, 0.3) is 0 Å². The van der Waals surface area contributed by atoms with E-state index in [1.54, 1.807) is 48.5 Å². The maximum absolute atomic E-state index is 12.3. The Balaban J connectivity index is 1.63. The highest BCUT2D eigenvalue weighted by Gasteiger charge is 2.37. The molecule has 1 saturated heterocycles. The number of esters is 2. The van der Waals surface area contributed by atoms with Gasteiger partial charge in [-0.25, -0.2) is 9.59 Å². The van der Waals surface area contributed by atoms with Crippen molar-refractivity contribution in [1.29, 1.82) is 0 Å². The molecule has 2 atom stereocenters. The third-order valence-corrected chi connectivity index (χ3v) is 4.18. The number of carbonyl (C=O) groups is 2. The third kappa shape index (κ3) is 5.18. The summed E-state index contributed by atoms with van der Waals surface area (Å²) >= 11 is 0. The minimum atomic E-state index is -0.663. The second kappa shape index (κ2) is 9.34. The van der Waals surface area contributed by atoms with Crippen molar-refractivity contribution in [2.45, 2.75) is 25.5 Å². The molecule has 6 nitrogen and oxygen atoms in total. The number of carbonyl (C=O) groups excluding carboxylic acids is 2. The zero-order valence-corrected chi connectivity index (χ0v) is 15.1. The molecule has 3 rings (SSSR count). The summed E-state index contributed by atoms with van der Waals surface area (Å²) in [6.07, 6.45) is -0.615. The third-order valence-electron chi connectivity index (χ3n) is 4.18. The first-order chi connectivity index (χ1) is 13.2. The average molecular weight is 368 g/mol. The van der Waals surface area contributed by atoms with Crippen LogP contribution in [0.2, 0.25) is 6.32 Å². The van der Waals surface area contributed by atoms with E-state index in [9.17, 15) is 9.59 Å². The van der Waals surface area contributed by atoms with Crippen LogP contribution in [0, 0.1) is 0 Å². The Morgan fingerprint density at radius 3 is 2.19 bits per heavy atom. The molecule has 1 aliphatic heterocycles. The van der Waals surface area contributed by atoms with Gasteiger partial charge in [0.2, 0.25) is 0 Å². The van der Waals surface area contributed by atoms with Crippen LogP contribution >= 0.6 is 0 Å². The number of hydrogen-bond donors (Lipinski definition) is 0. The molecule has 0 aliphatic carbocycles. The first-order valence-electron chi connectivity index (χ1n) is 8.92. The molecule has 1 heterocycles. The lowest BCUT2D eigenvalue weighted by Gasteiger charge is -2.34. The number of ether oxygens (including phenoxy) is 2. The molecule has 0 spiro atoms. The summed E-state index contributed by atoms with van der Waals surface area (Å²) in [4.78, 5) is 24.5. The molecular weight excluding hydrogens is 347 g/mol. The van der Waals surface area contributed by atoms with Gasteiger partial charge in [-0.15, -0.1) is 0 Å². The van der Waals surface area contributed by atoms with Crippen molar-refractivity contribution in [3.8, 4) is 0 Å². The maximum Gasteiger partial charge on any atom is 0.457 e. The summed E-state index contributed by atoms with van der Waals surface area (Å²) in [5.74, 6) is -0.922. The van der Waals surface area contributed by atoms with E-state index in [1.807, 2.05) is 19.1 Å². The Hall–Kier alpha value is -2.64. The lowest BCUT2D eigenvalue weighted by molar-refractivity contribution is -0.0836. The van der Waals surface area contributed by atoms with Crippen LogP contribution in [0.3, 0.4) is 0 Å². The predicted octanol–water partition coefficient (Wildman–Crippen LogP) is 2.99. The van der Waals surface area contributed by atoms with Gasteiger partial charge in [0.15, 0.2) is 6.10 Å². The molecule has 0 saturated carbocycles. The highest BCUT2D eigenvalue weighted by Crippen LogP contribution is 2.19. The van der Waals surface area contributed by atoms with Crippen LogP contribution in [0.5, 0.6) is 0 Å². The normalized spacial score (nSPS) is 19.4. The predicted molar refractivity (Wildman–Crippen MR) is 99.4 cm³/mol. The van der Waals surface area contributed by atoms with E-state index in [0.29, 0.717) is 17.4 Å². The molecule has 7 heteroatoms. The van der Waals surface area contributed by atoms with E-state index >= 15 is 0 Å². The lowest BCUT2D eigenvalue weighted by atomic mass is 9.83. The van der Waals surface area contributed by atoms with Gasteiger partial charge in [0.05, 0.1) is 17.7 Å². The Labute approximate surface area is 158 Å². The van der Waals surface area contributed by atoms with Crippen LogP contribution in [-0.2, 0) is 18.8 Å². The number of benzene rings is 2. The maximum atomic E-state index is 12.3. The number of rotatable bonds is 6. The van der Waals surface area contributed by atoms with Crippen molar-refractivity contribution in [2.24, 2.45) is 0 Å². The second-order valence-corrected chi connectivity index (χ2v) is 6.12. The van der Waals surface area contributed by atoms with Crippen LogP contribution in [0.25, 0.3) is 0 Å². The second-order valence-electron chi connectivity index (χ2n) is 6.12. The molecule has 0 unspecified atom stereocenters. The van der Waals surface area contributed by atoms with Crippen LogP contribution in [-0.4, -0.2) is 44.5 Å². The van der Waals surface area contributed by atoms with E-state index in [2.05, 4.69) is 0 Å². The highest BCUT2D eigenvalue weighted by molar-refractivity contribution is 6.44. The van der Waals surface area contributed by atoms with Crippen LogP contribution < -0.4 is 0 Å². The molecule has 2 aromatic carbocycles. The SMILES string of the molecule is CCB1OC[C@@H](OC(=O)c2ccccc2)[C@H](COC(=O)c2ccccc2)O1. The van der Waals surface area contributed by atoms with Gasteiger partial charge in [0, 0.05) is 0 Å². The summed E-state index contributed by atoms with van der Waals surface area (Å²) in [7, 11) is -0.419. The summed E-state index contributed by atoms with van der Waals surface area (Å²) in [5.41, 5.74) is 0.893. The fraction of sp³-hybridized carbons (Fsp3) is 0.300. The van der Waals surface area contributed by atoms with E-state index in [0.717, 1.165) is 0 Å². The Morgan fingerprint density at radius 2 is 1.59 bits per heavy atom. The summed E-state index contributed by atoms with van der Waals surface area (Å²) in [6.45, 7) is 2.08. The zero-order chi connectivity index (χ0) is 19.1. The van der Waals surface area contributed by atoms with E-state index < -0.39 is 31.3 Å². The standard InChI is InChI=1S/C20H21BO6/c1-2-21-25-14-17(26-20(23)16-11-7-4-8-12-16)18(27-21)13-24-19(22)15-9-5-3-6-10-15/h3-12,17-18H,2,13-14H2,1H3/t17-,18+/m1/s1. The van der Waals surface area contributed by atoms with Gasteiger partial charge in [-0.1, -0.05) is 43.3 Å². The van der Waals surface area contributed by atoms with Crippen LogP contribution in [0.1, 0.15) is 27.6 Å². The van der Waals surface area contributed by atoms with Gasteiger partial charge in [-0.2, -0.15) is 0 Å². The Bertz CT molecular complexity index is 752. The van der Waals surface area contributed by atoms with Crippen molar-refractivity contribution in [3.05, 3.63) is 71.8 Å². The monoisotopic (exact) mass is 368 g/mol. The van der Waals surface area contributed by atoms with Crippen molar-refractivity contribution in [3.63, 3.8) is 0 Å². The van der Waals surface area contributed by atoms with Crippen molar-refractivity contribution >= 4 is 19.1 Å². The largest absolute Gasteiger partial charge is 0.459 e. The molecule has 0 aromatic heterocycles. The molecule has 27 heavy (non-hydrogen) atoms. The molecule has 140 valence electrons. The molecule has 0 amide bonds. The van der Waals surface area contributed by atoms with Gasteiger partial charge in [0.1, 0.15) is 12.7 Å². The molecule has 0 radical (unpaired) electrons. The van der Waals surface area contributed by atoms with Crippen molar-refractivity contribution in [1.82, 2.24) is 0 Å². The molecule has 0 N–H and O–H groups in total. The van der Waals surface area contributed by atoms with Gasteiger partial charge in [-0.05, 0) is 30.6 Å². The Morgan fingerprint density at radius 1 is 1.00 bits per heavy atom. The average Bonchev–Trinajstić information content (AvgIpc) is 2.74. The first-order valence-corrected chi connectivity index (χ1v) is 8.92. The first kappa shape index (κ1) is 19.1. The Kier molecular flexibility index (Phi) is 6.62. The smallest absolute Gasteiger partial charge is 0.457 e. The van der Waals surface area contributed by atoms with E-state index in [-0.39, 0.29) is 13.2 Å². The topological polar surface area (TPSA) is 71.1 Å². The van der Waals surface area contributed by atoms with Gasteiger partial charge < -0.3 is 18.8 Å². The van der Waals surface area contributed by atoms with Gasteiger partial charge >= 0.3 is 19.1 Å². The summed E-state index contributed by atoms with van der Waals surface area (Å²) in [6, 6.07) is 17.4. The molecule has 2 aromatic rings. The van der Waals surface area contributed by atoms with Crippen molar-refractivity contribution < 1.29 is 28.4 Å². The van der Waals surface area contributed by atoms with Crippen LogP contribution in [0.15, 0.2) is 60.7 Å². The summed E-state index contributed by atoms with van der Waals surface area (Å²) < 4.78 is 22.3. The molecular formula is C20H21BO6. The zero-order valence-electron chi connectivity index (χ0n) is 15.1. The highest BCUT2D eigenvalue weighted by atomic mass is 16.7. The van der Waals surface area contributed by atoms with Crippen LogP contribution in [0.4, 0.5) is 0 Å². The van der Waals surface area contributed by atoms with E-state index in [4.69, 9.17) is 18.8 Å². The lowest BCUT2D eigenvalue weighted by Crippen LogP contribution is -2.50. The van der Waals surface area contributed by atoms with Crippen molar-refractivity contribution in [2.75, 3.05) is 13.2 Å².